The van der Waals surface area contributed by atoms with Gasteiger partial charge in [-0.05, 0) is 61.9 Å². The zero-order chi connectivity index (χ0) is 25.2. The average Bonchev–Trinajstić information content (AvgIpc) is 3.31. The van der Waals surface area contributed by atoms with E-state index in [2.05, 4.69) is 5.10 Å². The minimum atomic E-state index is -0.322. The molecule has 0 saturated heterocycles. The van der Waals surface area contributed by atoms with Crippen LogP contribution in [0.25, 0.3) is 33.5 Å². The van der Waals surface area contributed by atoms with Crippen molar-refractivity contribution < 1.29 is 13.9 Å². The van der Waals surface area contributed by atoms with Gasteiger partial charge >= 0.3 is 0 Å². The lowest BCUT2D eigenvalue weighted by molar-refractivity contribution is 0.207. The van der Waals surface area contributed by atoms with Gasteiger partial charge in [-0.3, -0.25) is 4.79 Å². The molecule has 0 amide bonds. The highest BCUT2D eigenvalue weighted by molar-refractivity contribution is 6.31. The number of halogens is 1. The molecule has 5 aromatic rings. The number of rotatable bonds is 7. The SMILES string of the molecule is CC[C@@H](C)Oc1c(C=Nn2c(-c3cc4cc(Cl)ccc4o3)nc3ccccc3c2=O)cccc1OC. The number of fused-ring (bicyclic) bond motifs is 2. The monoisotopic (exact) mass is 501 g/mol. The molecule has 7 nitrogen and oxygen atoms in total. The van der Waals surface area contributed by atoms with Crippen molar-refractivity contribution in [3.63, 3.8) is 0 Å². The second-order valence-corrected chi connectivity index (χ2v) is 8.76. The number of benzene rings is 3. The summed E-state index contributed by atoms with van der Waals surface area (Å²) < 4.78 is 18.9. The van der Waals surface area contributed by atoms with Crippen LogP contribution in [0.2, 0.25) is 5.02 Å². The summed E-state index contributed by atoms with van der Waals surface area (Å²) in [6.07, 6.45) is 2.36. The van der Waals surface area contributed by atoms with Crippen molar-refractivity contribution in [1.82, 2.24) is 9.66 Å². The fourth-order valence-corrected chi connectivity index (χ4v) is 4.02. The molecule has 0 saturated carbocycles. The van der Waals surface area contributed by atoms with E-state index in [4.69, 9.17) is 30.5 Å². The van der Waals surface area contributed by atoms with E-state index < -0.39 is 0 Å². The standard InChI is InChI=1S/C28H24ClN3O4/c1-4-17(2)35-26-18(8-7-11-24(26)34-3)16-30-32-27(31-22-10-6-5-9-21(22)28(32)33)25-15-19-14-20(29)12-13-23(19)36-25/h5-17H,4H2,1-3H3/t17-/m1/s1. The van der Waals surface area contributed by atoms with Crippen molar-refractivity contribution in [2.75, 3.05) is 7.11 Å². The van der Waals surface area contributed by atoms with Gasteiger partial charge in [-0.25, -0.2) is 4.98 Å². The zero-order valence-electron chi connectivity index (χ0n) is 20.1. The molecule has 0 N–H and O–H groups in total. The molecule has 0 fully saturated rings. The third kappa shape index (κ3) is 4.45. The van der Waals surface area contributed by atoms with Gasteiger partial charge in [0.1, 0.15) is 5.58 Å². The van der Waals surface area contributed by atoms with E-state index in [9.17, 15) is 4.79 Å². The Morgan fingerprint density at radius 2 is 1.97 bits per heavy atom. The van der Waals surface area contributed by atoms with Gasteiger partial charge in [0.25, 0.3) is 5.56 Å². The molecule has 5 rings (SSSR count). The third-order valence-electron chi connectivity index (χ3n) is 5.89. The normalized spacial score (nSPS) is 12.4. The van der Waals surface area contributed by atoms with Crippen LogP contribution in [0.3, 0.4) is 0 Å². The lowest BCUT2D eigenvalue weighted by Crippen LogP contribution is -2.20. The first-order valence-corrected chi connectivity index (χ1v) is 12.0. The molecule has 182 valence electrons. The fourth-order valence-electron chi connectivity index (χ4n) is 3.84. The first-order valence-electron chi connectivity index (χ1n) is 11.6. The number of methoxy groups -OCH3 is 1. The van der Waals surface area contributed by atoms with Crippen LogP contribution >= 0.6 is 11.6 Å². The van der Waals surface area contributed by atoms with Crippen molar-refractivity contribution in [2.24, 2.45) is 5.10 Å². The van der Waals surface area contributed by atoms with Gasteiger partial charge < -0.3 is 13.9 Å². The van der Waals surface area contributed by atoms with Gasteiger partial charge in [0, 0.05) is 16.0 Å². The molecule has 0 radical (unpaired) electrons. The molecule has 0 aliphatic heterocycles. The van der Waals surface area contributed by atoms with Crippen LogP contribution in [0, 0.1) is 0 Å². The van der Waals surface area contributed by atoms with Crippen LogP contribution in [-0.4, -0.2) is 29.1 Å². The highest BCUT2D eigenvalue weighted by Gasteiger charge is 2.17. The fraction of sp³-hybridized carbons (Fsp3) is 0.179. The maximum atomic E-state index is 13.5. The predicted octanol–water partition coefficient (Wildman–Crippen LogP) is 6.53. The Labute approximate surface area is 212 Å². The summed E-state index contributed by atoms with van der Waals surface area (Å²) in [5.41, 5.74) is 1.52. The second-order valence-electron chi connectivity index (χ2n) is 8.32. The van der Waals surface area contributed by atoms with Crippen molar-refractivity contribution in [3.8, 4) is 23.1 Å². The van der Waals surface area contributed by atoms with E-state index in [1.807, 2.05) is 38.1 Å². The van der Waals surface area contributed by atoms with Crippen molar-refractivity contribution in [1.29, 1.82) is 0 Å². The van der Waals surface area contributed by atoms with E-state index in [0.29, 0.717) is 44.3 Å². The molecule has 0 aliphatic rings. The summed E-state index contributed by atoms with van der Waals surface area (Å²) in [7, 11) is 1.59. The second kappa shape index (κ2) is 9.87. The molecule has 8 heteroatoms. The summed E-state index contributed by atoms with van der Waals surface area (Å²) >= 11 is 6.15. The van der Waals surface area contributed by atoms with Crippen LogP contribution < -0.4 is 15.0 Å². The Bertz CT molecular complexity index is 1650. The molecule has 0 unspecified atom stereocenters. The Morgan fingerprint density at radius 3 is 2.78 bits per heavy atom. The highest BCUT2D eigenvalue weighted by Crippen LogP contribution is 2.32. The van der Waals surface area contributed by atoms with E-state index in [1.165, 1.54) is 4.68 Å². The zero-order valence-corrected chi connectivity index (χ0v) is 20.8. The van der Waals surface area contributed by atoms with Crippen molar-refractivity contribution in [2.45, 2.75) is 26.4 Å². The van der Waals surface area contributed by atoms with E-state index in [1.54, 1.807) is 55.8 Å². The quantitative estimate of drug-likeness (QED) is 0.237. The smallest absolute Gasteiger partial charge is 0.282 e. The lowest BCUT2D eigenvalue weighted by Gasteiger charge is -2.17. The van der Waals surface area contributed by atoms with Crippen LogP contribution in [0.4, 0.5) is 0 Å². The van der Waals surface area contributed by atoms with Crippen LogP contribution in [0.5, 0.6) is 11.5 Å². The molecule has 2 heterocycles. The van der Waals surface area contributed by atoms with E-state index in [0.717, 1.165) is 11.8 Å². The summed E-state index contributed by atoms with van der Waals surface area (Å²) in [6, 6.07) is 19.8. The van der Waals surface area contributed by atoms with E-state index in [-0.39, 0.29) is 17.5 Å². The van der Waals surface area contributed by atoms with Crippen molar-refractivity contribution in [3.05, 3.63) is 87.7 Å². The number of para-hydroxylation sites is 2. The van der Waals surface area contributed by atoms with Gasteiger partial charge in [0.05, 0.1) is 30.3 Å². The van der Waals surface area contributed by atoms with Crippen LogP contribution in [0.1, 0.15) is 25.8 Å². The number of hydrogen-bond acceptors (Lipinski definition) is 6. The van der Waals surface area contributed by atoms with Crippen molar-refractivity contribution >= 4 is 39.7 Å². The maximum absolute atomic E-state index is 13.5. The topological polar surface area (TPSA) is 78.9 Å². The first-order chi connectivity index (χ1) is 17.5. The Morgan fingerprint density at radius 1 is 1.14 bits per heavy atom. The van der Waals surface area contributed by atoms with Gasteiger partial charge in [-0.1, -0.05) is 36.7 Å². The lowest BCUT2D eigenvalue weighted by atomic mass is 10.2. The maximum Gasteiger partial charge on any atom is 0.282 e. The summed E-state index contributed by atoms with van der Waals surface area (Å²) in [6.45, 7) is 4.03. The summed E-state index contributed by atoms with van der Waals surface area (Å²) in [5, 5.41) is 6.38. The molecule has 0 aliphatic carbocycles. The largest absolute Gasteiger partial charge is 0.493 e. The Balaban J connectivity index is 1.69. The molecule has 1 atom stereocenters. The number of ether oxygens (including phenoxy) is 2. The molecule has 0 bridgehead atoms. The number of furan rings is 1. The molecule has 36 heavy (non-hydrogen) atoms. The minimum absolute atomic E-state index is 0.0311. The summed E-state index contributed by atoms with van der Waals surface area (Å²) in [5.74, 6) is 1.81. The molecule has 3 aromatic carbocycles. The number of nitrogens with zero attached hydrogens (tertiary/aromatic N) is 3. The van der Waals surface area contributed by atoms with Crippen LogP contribution in [-0.2, 0) is 0 Å². The number of hydrogen-bond donors (Lipinski definition) is 0. The van der Waals surface area contributed by atoms with Gasteiger partial charge in [0.15, 0.2) is 17.3 Å². The number of aromatic nitrogens is 2. The molecule has 2 aromatic heterocycles. The summed E-state index contributed by atoms with van der Waals surface area (Å²) in [4.78, 5) is 18.3. The molecule has 0 spiro atoms. The Hall–Kier alpha value is -4.10. The Kier molecular flexibility index (Phi) is 6.48. The van der Waals surface area contributed by atoms with Gasteiger partial charge in [-0.2, -0.15) is 9.78 Å². The van der Waals surface area contributed by atoms with E-state index >= 15 is 0 Å². The highest BCUT2D eigenvalue weighted by atomic mass is 35.5. The predicted molar refractivity (Wildman–Crippen MR) is 143 cm³/mol. The van der Waals surface area contributed by atoms with Gasteiger partial charge in [-0.15, -0.1) is 0 Å². The molecular formula is C28H24ClN3O4. The average molecular weight is 502 g/mol. The first kappa shape index (κ1) is 23.6. The minimum Gasteiger partial charge on any atom is -0.493 e. The third-order valence-corrected chi connectivity index (χ3v) is 6.12. The van der Waals surface area contributed by atoms with Gasteiger partial charge in [0.2, 0.25) is 5.82 Å². The van der Waals surface area contributed by atoms with Crippen LogP contribution in [0.15, 0.2) is 81.0 Å². The molecular weight excluding hydrogens is 478 g/mol.